The number of para-hydroxylation sites is 1. The van der Waals surface area contributed by atoms with E-state index in [1.165, 1.54) is 0 Å². The van der Waals surface area contributed by atoms with Gasteiger partial charge in [0.15, 0.2) is 0 Å². The summed E-state index contributed by atoms with van der Waals surface area (Å²) in [6.45, 7) is 8.22. The molecule has 2 aliphatic rings. The van der Waals surface area contributed by atoms with Crippen molar-refractivity contribution in [1.29, 1.82) is 0 Å². The molecule has 0 N–H and O–H groups in total. The third-order valence-corrected chi connectivity index (χ3v) is 5.49. The molecule has 0 bridgehead atoms. The SMILES string of the molecule is CC1(C)OB(C(F)=C2CC(COc3ccccc3Cl)C2)OC1(C)C. The van der Waals surface area contributed by atoms with Crippen molar-refractivity contribution in [3.05, 3.63) is 40.6 Å². The predicted molar refractivity (Wildman–Crippen MR) is 93.9 cm³/mol. The van der Waals surface area contributed by atoms with Gasteiger partial charge >= 0.3 is 7.12 Å². The molecule has 3 rings (SSSR count). The number of halogens is 2. The highest BCUT2D eigenvalue weighted by Gasteiger charge is 2.54. The summed E-state index contributed by atoms with van der Waals surface area (Å²) in [5, 5.41) is 0.594. The molecular weight excluding hydrogens is 329 g/mol. The Labute approximate surface area is 148 Å². The normalized spacial score (nSPS) is 24.7. The van der Waals surface area contributed by atoms with Gasteiger partial charge in [-0.05, 0) is 58.2 Å². The van der Waals surface area contributed by atoms with E-state index in [0.717, 1.165) is 5.57 Å². The maximum absolute atomic E-state index is 14.6. The second-order valence-corrected chi connectivity index (χ2v) is 7.96. The minimum atomic E-state index is -0.893. The van der Waals surface area contributed by atoms with Crippen LogP contribution >= 0.6 is 11.6 Å². The van der Waals surface area contributed by atoms with Crippen molar-refractivity contribution in [1.82, 2.24) is 0 Å². The quantitative estimate of drug-likeness (QED) is 0.715. The van der Waals surface area contributed by atoms with Gasteiger partial charge in [-0.2, -0.15) is 0 Å². The van der Waals surface area contributed by atoms with Crippen molar-refractivity contribution in [2.45, 2.75) is 51.7 Å². The van der Waals surface area contributed by atoms with E-state index in [4.69, 9.17) is 25.6 Å². The van der Waals surface area contributed by atoms with Gasteiger partial charge in [-0.1, -0.05) is 23.7 Å². The Morgan fingerprint density at radius 2 is 1.79 bits per heavy atom. The summed E-state index contributed by atoms with van der Waals surface area (Å²) < 4.78 is 31.8. The van der Waals surface area contributed by atoms with Crippen molar-refractivity contribution in [3.63, 3.8) is 0 Å². The fourth-order valence-corrected chi connectivity index (χ4v) is 3.02. The molecule has 1 aliphatic carbocycles. The predicted octanol–water partition coefficient (Wildman–Crippen LogP) is 4.98. The van der Waals surface area contributed by atoms with Gasteiger partial charge in [0.2, 0.25) is 0 Å². The van der Waals surface area contributed by atoms with Crippen molar-refractivity contribution in [2.24, 2.45) is 5.92 Å². The third kappa shape index (κ3) is 3.35. The summed E-state index contributed by atoms with van der Waals surface area (Å²) in [6, 6.07) is 7.37. The fraction of sp³-hybridized carbons (Fsp3) is 0.556. The first-order valence-electron chi connectivity index (χ1n) is 8.30. The number of rotatable bonds is 4. The molecule has 3 nitrogen and oxygen atoms in total. The van der Waals surface area contributed by atoms with Crippen molar-refractivity contribution in [3.8, 4) is 5.75 Å². The molecule has 1 aromatic carbocycles. The lowest BCUT2D eigenvalue weighted by atomic mass is 9.73. The Kier molecular flexibility index (Phi) is 4.71. The molecule has 1 saturated heterocycles. The first-order chi connectivity index (χ1) is 11.2. The smallest absolute Gasteiger partial charge is 0.492 e. The minimum Gasteiger partial charge on any atom is -0.492 e. The topological polar surface area (TPSA) is 27.7 Å². The zero-order chi connectivity index (χ0) is 17.5. The van der Waals surface area contributed by atoms with E-state index in [-0.39, 0.29) is 5.73 Å². The lowest BCUT2D eigenvalue weighted by molar-refractivity contribution is 0.00578. The maximum Gasteiger partial charge on any atom is 0.525 e. The highest BCUT2D eigenvalue weighted by atomic mass is 35.5. The molecule has 6 heteroatoms. The highest BCUT2D eigenvalue weighted by Crippen LogP contribution is 2.43. The number of hydrogen-bond donors (Lipinski definition) is 0. The van der Waals surface area contributed by atoms with E-state index in [1.807, 2.05) is 45.9 Å². The Balaban J connectivity index is 1.54. The Hall–Kier alpha value is -1.04. The molecule has 0 spiro atoms. The average Bonchev–Trinajstić information content (AvgIpc) is 2.67. The second kappa shape index (κ2) is 6.36. The van der Waals surface area contributed by atoms with Crippen LogP contribution in [0, 0.1) is 5.92 Å². The molecule has 0 atom stereocenters. The number of allylic oxidation sites excluding steroid dienone is 1. The Morgan fingerprint density at radius 3 is 2.38 bits per heavy atom. The minimum absolute atomic E-state index is 0.275. The monoisotopic (exact) mass is 352 g/mol. The van der Waals surface area contributed by atoms with Gasteiger partial charge in [0.05, 0.1) is 22.8 Å². The number of hydrogen-bond acceptors (Lipinski definition) is 3. The third-order valence-electron chi connectivity index (χ3n) is 5.18. The molecule has 0 aromatic heterocycles. The summed E-state index contributed by atoms with van der Waals surface area (Å²) in [7, 11) is -0.893. The van der Waals surface area contributed by atoms with Gasteiger partial charge in [0.25, 0.3) is 0 Å². The molecule has 1 saturated carbocycles. The molecule has 1 heterocycles. The lowest BCUT2D eigenvalue weighted by Gasteiger charge is -2.32. The van der Waals surface area contributed by atoms with Gasteiger partial charge < -0.3 is 14.0 Å². The van der Waals surface area contributed by atoms with Gasteiger partial charge in [-0.3, -0.25) is 0 Å². The van der Waals surface area contributed by atoms with Gasteiger partial charge in [-0.25, -0.2) is 4.39 Å². The van der Waals surface area contributed by atoms with Crippen LogP contribution in [0.25, 0.3) is 0 Å². The van der Waals surface area contributed by atoms with Crippen LogP contribution in [-0.4, -0.2) is 24.9 Å². The van der Waals surface area contributed by atoms with Gasteiger partial charge in [-0.15, -0.1) is 0 Å². The number of ether oxygens (including phenoxy) is 1. The van der Waals surface area contributed by atoms with Crippen LogP contribution in [-0.2, 0) is 9.31 Å². The standard InChI is InChI=1S/C18H23BClFO3/c1-17(2)18(3,4)24-19(23-17)16(21)13-9-12(10-13)11-22-15-8-6-5-7-14(15)20/h5-8,12H,9-11H2,1-4H3. The first kappa shape index (κ1) is 17.8. The summed E-state index contributed by atoms with van der Waals surface area (Å²) >= 11 is 6.06. The molecular formula is C18H23BClFO3. The molecule has 1 aromatic rings. The molecule has 130 valence electrons. The van der Waals surface area contributed by atoms with E-state index in [1.54, 1.807) is 6.07 Å². The summed E-state index contributed by atoms with van der Waals surface area (Å²) in [5.41, 5.74) is -0.554. The molecule has 0 radical (unpaired) electrons. The van der Waals surface area contributed by atoms with Gasteiger partial charge in [0.1, 0.15) is 11.5 Å². The average molecular weight is 353 g/mol. The first-order valence-corrected chi connectivity index (χ1v) is 8.68. The van der Waals surface area contributed by atoms with Crippen LogP contribution in [0.1, 0.15) is 40.5 Å². The van der Waals surface area contributed by atoms with Crippen molar-refractivity contribution < 1.29 is 18.4 Å². The maximum atomic E-state index is 14.6. The van der Waals surface area contributed by atoms with E-state index in [9.17, 15) is 4.39 Å². The summed E-state index contributed by atoms with van der Waals surface area (Å²) in [5.74, 6) is 0.965. The van der Waals surface area contributed by atoms with Crippen LogP contribution in [0.3, 0.4) is 0 Å². The van der Waals surface area contributed by atoms with E-state index >= 15 is 0 Å². The van der Waals surface area contributed by atoms with E-state index in [0.29, 0.717) is 36.1 Å². The zero-order valence-corrected chi connectivity index (χ0v) is 15.3. The molecule has 2 fully saturated rings. The van der Waals surface area contributed by atoms with E-state index < -0.39 is 18.3 Å². The molecule has 24 heavy (non-hydrogen) atoms. The molecule has 0 unspecified atom stereocenters. The van der Waals surface area contributed by atoms with Crippen LogP contribution in [0.2, 0.25) is 5.02 Å². The van der Waals surface area contributed by atoms with Crippen LogP contribution < -0.4 is 4.74 Å². The molecule has 0 amide bonds. The highest BCUT2D eigenvalue weighted by molar-refractivity contribution is 6.53. The van der Waals surface area contributed by atoms with Gasteiger partial charge in [0, 0.05) is 5.92 Å². The zero-order valence-electron chi connectivity index (χ0n) is 14.6. The summed E-state index contributed by atoms with van der Waals surface area (Å²) in [4.78, 5) is 0. The lowest BCUT2D eigenvalue weighted by Crippen LogP contribution is -2.41. The Bertz CT molecular complexity index is 635. The van der Waals surface area contributed by atoms with Crippen molar-refractivity contribution >= 4 is 18.7 Å². The van der Waals surface area contributed by atoms with Crippen LogP contribution in [0.15, 0.2) is 35.6 Å². The van der Waals surface area contributed by atoms with Crippen LogP contribution in [0.5, 0.6) is 5.75 Å². The molecule has 1 aliphatic heterocycles. The number of benzene rings is 1. The second-order valence-electron chi connectivity index (χ2n) is 7.56. The van der Waals surface area contributed by atoms with Crippen LogP contribution in [0.4, 0.5) is 4.39 Å². The van der Waals surface area contributed by atoms with E-state index in [2.05, 4.69) is 0 Å². The largest absolute Gasteiger partial charge is 0.525 e. The summed E-state index contributed by atoms with van der Waals surface area (Å²) in [6.07, 6.45) is 1.33. The fourth-order valence-electron chi connectivity index (χ4n) is 2.83. The van der Waals surface area contributed by atoms with Crippen molar-refractivity contribution in [2.75, 3.05) is 6.61 Å². The Morgan fingerprint density at radius 1 is 1.21 bits per heavy atom.